The van der Waals surface area contributed by atoms with Crippen molar-refractivity contribution in [1.29, 1.82) is 0 Å². The Balaban J connectivity index is 1.65. The molecule has 3 rings (SSSR count). The van der Waals surface area contributed by atoms with Crippen LogP contribution in [0.15, 0.2) is 72.8 Å². The predicted molar refractivity (Wildman–Crippen MR) is 130 cm³/mol. The van der Waals surface area contributed by atoms with Crippen LogP contribution in [-0.2, 0) is 19.1 Å². The minimum absolute atomic E-state index is 0.302. The second-order valence-corrected chi connectivity index (χ2v) is 7.21. The van der Waals surface area contributed by atoms with Crippen molar-refractivity contribution in [2.24, 2.45) is 0 Å². The number of methoxy groups -OCH3 is 2. The fourth-order valence-electron chi connectivity index (χ4n) is 2.94. The molecule has 0 aliphatic carbocycles. The first-order valence-corrected chi connectivity index (χ1v) is 10.7. The molecular weight excluding hydrogens is 468 g/mol. The minimum Gasteiger partial charge on any atom is -0.480 e. The fraction of sp³-hybridized carbons (Fsp3) is 0.154. The monoisotopic (exact) mass is 492 g/mol. The average Bonchev–Trinajstić information content (AvgIpc) is 2.91. The van der Waals surface area contributed by atoms with Crippen molar-refractivity contribution in [1.82, 2.24) is 0 Å². The molecule has 2 N–H and O–H groups in total. The molecule has 0 spiro atoms. The Labute approximate surface area is 207 Å². The molecule has 0 saturated heterocycles. The molecular formula is C26H24N2O8. The lowest BCUT2D eigenvalue weighted by atomic mass is 10.1. The molecule has 0 atom stereocenters. The Bertz CT molecular complexity index is 1140. The van der Waals surface area contributed by atoms with E-state index in [4.69, 9.17) is 9.47 Å². The van der Waals surface area contributed by atoms with Gasteiger partial charge in [0.05, 0.1) is 25.6 Å². The predicted octanol–water partition coefficient (Wildman–Crippen LogP) is 3.29. The molecule has 0 saturated carbocycles. The van der Waals surface area contributed by atoms with Crippen LogP contribution in [0.2, 0.25) is 0 Å². The van der Waals surface area contributed by atoms with E-state index in [1.54, 1.807) is 48.5 Å². The summed E-state index contributed by atoms with van der Waals surface area (Å²) >= 11 is 0. The zero-order valence-corrected chi connectivity index (χ0v) is 19.6. The van der Waals surface area contributed by atoms with E-state index in [-0.39, 0.29) is 13.2 Å². The number of para-hydroxylation sites is 4. The van der Waals surface area contributed by atoms with Crippen LogP contribution in [0.3, 0.4) is 0 Å². The van der Waals surface area contributed by atoms with Gasteiger partial charge < -0.3 is 29.6 Å². The van der Waals surface area contributed by atoms with Crippen molar-refractivity contribution >= 4 is 35.1 Å². The number of rotatable bonds is 10. The Hall–Kier alpha value is -4.86. The highest BCUT2D eigenvalue weighted by Crippen LogP contribution is 2.26. The molecule has 0 aliphatic rings. The van der Waals surface area contributed by atoms with Gasteiger partial charge in [-0.3, -0.25) is 9.59 Å². The maximum absolute atomic E-state index is 12.7. The van der Waals surface area contributed by atoms with E-state index >= 15 is 0 Å². The molecule has 3 aromatic rings. The summed E-state index contributed by atoms with van der Waals surface area (Å²) in [5, 5.41) is 5.44. The van der Waals surface area contributed by atoms with Crippen molar-refractivity contribution in [2.45, 2.75) is 0 Å². The minimum atomic E-state index is -0.553. The number of esters is 2. The number of carbonyl (C=O) groups excluding carboxylic acids is 4. The molecule has 36 heavy (non-hydrogen) atoms. The van der Waals surface area contributed by atoms with Gasteiger partial charge >= 0.3 is 11.9 Å². The van der Waals surface area contributed by atoms with Gasteiger partial charge in [-0.15, -0.1) is 0 Å². The fourth-order valence-corrected chi connectivity index (χ4v) is 2.94. The van der Waals surface area contributed by atoms with Crippen molar-refractivity contribution in [3.8, 4) is 11.5 Å². The highest BCUT2D eigenvalue weighted by atomic mass is 16.6. The smallest absolute Gasteiger partial charge is 0.343 e. The van der Waals surface area contributed by atoms with E-state index < -0.39 is 23.8 Å². The van der Waals surface area contributed by atoms with Gasteiger partial charge in [-0.25, -0.2) is 9.59 Å². The van der Waals surface area contributed by atoms with E-state index in [1.807, 2.05) is 0 Å². The van der Waals surface area contributed by atoms with E-state index in [0.29, 0.717) is 34.0 Å². The lowest BCUT2D eigenvalue weighted by molar-refractivity contribution is -0.143. The lowest BCUT2D eigenvalue weighted by Crippen LogP contribution is -2.17. The molecule has 10 nitrogen and oxygen atoms in total. The Morgan fingerprint density at radius 3 is 1.31 bits per heavy atom. The molecule has 0 unspecified atom stereocenters. The van der Waals surface area contributed by atoms with Gasteiger partial charge in [0.25, 0.3) is 11.8 Å². The summed E-state index contributed by atoms with van der Waals surface area (Å²) in [7, 11) is 2.50. The number of anilines is 2. The maximum Gasteiger partial charge on any atom is 0.343 e. The average molecular weight is 492 g/mol. The quantitative estimate of drug-likeness (QED) is 0.413. The van der Waals surface area contributed by atoms with Crippen molar-refractivity contribution in [3.05, 3.63) is 83.9 Å². The van der Waals surface area contributed by atoms with Crippen LogP contribution >= 0.6 is 0 Å². The number of amides is 2. The summed E-state index contributed by atoms with van der Waals surface area (Å²) in [5.41, 5.74) is 1.35. The number of hydrogen-bond donors (Lipinski definition) is 2. The summed E-state index contributed by atoms with van der Waals surface area (Å²) in [6.07, 6.45) is 0. The van der Waals surface area contributed by atoms with Crippen LogP contribution in [-0.4, -0.2) is 51.2 Å². The third-order valence-electron chi connectivity index (χ3n) is 4.83. The summed E-state index contributed by atoms with van der Waals surface area (Å²) in [6.45, 7) is -0.603. The number of hydrogen-bond acceptors (Lipinski definition) is 8. The topological polar surface area (TPSA) is 129 Å². The highest BCUT2D eigenvalue weighted by Gasteiger charge is 2.14. The van der Waals surface area contributed by atoms with Crippen LogP contribution in [0, 0.1) is 0 Å². The molecule has 0 bridgehead atoms. The number of ether oxygens (including phenoxy) is 4. The number of carbonyl (C=O) groups is 4. The first-order valence-electron chi connectivity index (χ1n) is 10.7. The molecule has 0 aliphatic heterocycles. The Morgan fingerprint density at radius 2 is 0.944 bits per heavy atom. The molecule has 0 aromatic heterocycles. The molecule has 0 radical (unpaired) electrons. The first-order chi connectivity index (χ1) is 17.4. The normalized spacial score (nSPS) is 10.1. The highest BCUT2D eigenvalue weighted by molar-refractivity contribution is 6.08. The zero-order chi connectivity index (χ0) is 25.9. The van der Waals surface area contributed by atoms with E-state index in [9.17, 15) is 19.2 Å². The number of benzene rings is 3. The van der Waals surface area contributed by atoms with E-state index in [2.05, 4.69) is 20.1 Å². The van der Waals surface area contributed by atoms with Gasteiger partial charge in [0.15, 0.2) is 13.2 Å². The van der Waals surface area contributed by atoms with Crippen molar-refractivity contribution in [2.75, 3.05) is 38.1 Å². The molecule has 0 heterocycles. The van der Waals surface area contributed by atoms with E-state index in [0.717, 1.165) is 0 Å². The lowest BCUT2D eigenvalue weighted by Gasteiger charge is -2.13. The second kappa shape index (κ2) is 12.6. The second-order valence-electron chi connectivity index (χ2n) is 7.21. The van der Waals surface area contributed by atoms with E-state index in [1.165, 1.54) is 38.5 Å². The van der Waals surface area contributed by atoms with Crippen LogP contribution < -0.4 is 20.1 Å². The van der Waals surface area contributed by atoms with Crippen LogP contribution in [0.1, 0.15) is 20.7 Å². The van der Waals surface area contributed by atoms with Gasteiger partial charge in [-0.1, -0.05) is 24.3 Å². The van der Waals surface area contributed by atoms with Crippen LogP contribution in [0.5, 0.6) is 11.5 Å². The molecule has 3 aromatic carbocycles. The summed E-state index contributed by atoms with van der Waals surface area (Å²) in [4.78, 5) is 48.1. The van der Waals surface area contributed by atoms with Gasteiger partial charge in [0.2, 0.25) is 0 Å². The molecule has 2 amide bonds. The van der Waals surface area contributed by atoms with Gasteiger partial charge in [0, 0.05) is 11.1 Å². The number of nitrogens with one attached hydrogen (secondary N) is 2. The van der Waals surface area contributed by atoms with Crippen molar-refractivity contribution in [3.63, 3.8) is 0 Å². The largest absolute Gasteiger partial charge is 0.480 e. The molecule has 186 valence electrons. The van der Waals surface area contributed by atoms with Gasteiger partial charge in [-0.2, -0.15) is 0 Å². The summed E-state index contributed by atoms with van der Waals surface area (Å²) < 4.78 is 19.9. The standard InChI is InChI=1S/C26H24N2O8/c1-33-23(29)15-35-21-9-5-3-7-19(21)27-25(31)17-11-13-18(14-12-17)26(32)28-20-8-4-6-10-22(20)36-16-24(30)34-2/h3-14H,15-16H2,1-2H3,(H,27,31)(H,28,32). The Kier molecular flexibility index (Phi) is 8.99. The summed E-state index contributed by atoms with van der Waals surface area (Å²) in [5.74, 6) is -1.36. The molecule has 10 heteroatoms. The van der Waals surface area contributed by atoms with Crippen LogP contribution in [0.4, 0.5) is 11.4 Å². The Morgan fingerprint density at radius 1 is 0.583 bits per heavy atom. The third-order valence-corrected chi connectivity index (χ3v) is 4.83. The third kappa shape index (κ3) is 7.07. The SMILES string of the molecule is COC(=O)COc1ccccc1NC(=O)c1ccc(C(=O)Nc2ccccc2OCC(=O)OC)cc1. The first kappa shape index (κ1) is 25.8. The van der Waals surface area contributed by atoms with Gasteiger partial charge in [0.1, 0.15) is 11.5 Å². The summed E-state index contributed by atoms with van der Waals surface area (Å²) in [6, 6.07) is 19.3. The van der Waals surface area contributed by atoms with Gasteiger partial charge in [-0.05, 0) is 48.5 Å². The maximum atomic E-state index is 12.7. The zero-order valence-electron chi connectivity index (χ0n) is 19.6. The van der Waals surface area contributed by atoms with Crippen molar-refractivity contribution < 1.29 is 38.1 Å². The van der Waals surface area contributed by atoms with Crippen LogP contribution in [0.25, 0.3) is 0 Å². The molecule has 0 fully saturated rings.